The number of amides is 2. The van der Waals surface area contributed by atoms with E-state index in [1.807, 2.05) is 59.3 Å². The Morgan fingerprint density at radius 1 is 0.723 bits per heavy atom. The van der Waals surface area contributed by atoms with Gasteiger partial charge in [-0.3, -0.25) is 9.59 Å². The minimum Gasteiger partial charge on any atom is -0.331 e. The number of rotatable bonds is 10. The van der Waals surface area contributed by atoms with Crippen molar-refractivity contribution in [2.45, 2.75) is 38.3 Å². The van der Waals surface area contributed by atoms with Crippen LogP contribution in [-0.2, 0) is 40.6 Å². The Bertz CT molecular complexity index is 1980. The highest BCUT2D eigenvalue weighted by atomic mass is 32.2. The SMILES string of the molecule is CS(=O)(=O)NC(=O)c1cccc(-c2cccc(CC(=O)N(Cc3ccccc3)C3c4ccccc4CCC3Cc3ccccc3)c2)c1. The average molecular weight is 643 g/mol. The molecule has 0 radical (unpaired) electrons. The molecule has 2 amide bonds. The molecular formula is C40H38N2O4S. The smallest absolute Gasteiger partial charge is 0.264 e. The molecular weight excluding hydrogens is 605 g/mol. The van der Waals surface area contributed by atoms with Crippen molar-refractivity contribution in [3.05, 3.63) is 167 Å². The summed E-state index contributed by atoms with van der Waals surface area (Å²) >= 11 is 0. The first-order valence-electron chi connectivity index (χ1n) is 15.9. The maximum atomic E-state index is 14.6. The van der Waals surface area contributed by atoms with Crippen LogP contribution in [0.25, 0.3) is 11.1 Å². The molecule has 7 heteroatoms. The van der Waals surface area contributed by atoms with Gasteiger partial charge in [0.2, 0.25) is 15.9 Å². The topological polar surface area (TPSA) is 83.5 Å². The molecule has 0 heterocycles. The maximum Gasteiger partial charge on any atom is 0.264 e. The molecule has 1 N–H and O–H groups in total. The third-order valence-corrected chi connectivity index (χ3v) is 9.37. The first kappa shape index (κ1) is 32.0. The first-order chi connectivity index (χ1) is 22.7. The van der Waals surface area contributed by atoms with Crippen molar-refractivity contribution in [3.63, 3.8) is 0 Å². The second-order valence-electron chi connectivity index (χ2n) is 12.3. The van der Waals surface area contributed by atoms with Gasteiger partial charge in [-0.25, -0.2) is 13.1 Å². The Labute approximate surface area is 277 Å². The van der Waals surface area contributed by atoms with Gasteiger partial charge in [0.15, 0.2) is 0 Å². The third kappa shape index (κ3) is 8.05. The minimum atomic E-state index is -3.69. The molecule has 0 aromatic heterocycles. The summed E-state index contributed by atoms with van der Waals surface area (Å²) < 4.78 is 25.3. The molecule has 0 spiro atoms. The normalized spacial score (nSPS) is 15.8. The zero-order valence-corrected chi connectivity index (χ0v) is 27.2. The lowest BCUT2D eigenvalue weighted by molar-refractivity contribution is -0.135. The molecule has 2 atom stereocenters. The van der Waals surface area contributed by atoms with Gasteiger partial charge in [0.1, 0.15) is 0 Å². The van der Waals surface area contributed by atoms with Crippen molar-refractivity contribution < 1.29 is 18.0 Å². The molecule has 5 aromatic carbocycles. The highest BCUT2D eigenvalue weighted by molar-refractivity contribution is 7.89. The average Bonchev–Trinajstić information content (AvgIpc) is 3.08. The summed E-state index contributed by atoms with van der Waals surface area (Å²) in [5.74, 6) is -0.380. The number of nitrogens with zero attached hydrogens (tertiary/aromatic N) is 1. The van der Waals surface area contributed by atoms with Crippen LogP contribution in [0.4, 0.5) is 0 Å². The molecule has 0 fully saturated rings. The van der Waals surface area contributed by atoms with E-state index >= 15 is 0 Å². The van der Waals surface area contributed by atoms with E-state index in [0.717, 1.165) is 47.8 Å². The first-order valence-corrected chi connectivity index (χ1v) is 17.8. The summed E-state index contributed by atoms with van der Waals surface area (Å²) in [5.41, 5.74) is 7.57. The van der Waals surface area contributed by atoms with Gasteiger partial charge in [-0.2, -0.15) is 0 Å². The molecule has 2 unspecified atom stereocenters. The lowest BCUT2D eigenvalue weighted by Gasteiger charge is -2.42. The van der Waals surface area contributed by atoms with Gasteiger partial charge in [-0.05, 0) is 76.3 Å². The predicted molar refractivity (Wildman–Crippen MR) is 186 cm³/mol. The minimum absolute atomic E-state index is 0.0482. The van der Waals surface area contributed by atoms with E-state index in [9.17, 15) is 18.0 Å². The van der Waals surface area contributed by atoms with Crippen molar-refractivity contribution in [2.75, 3.05) is 6.26 Å². The van der Waals surface area contributed by atoms with Crippen LogP contribution in [0.15, 0.2) is 133 Å². The van der Waals surface area contributed by atoms with Crippen LogP contribution in [0.1, 0.15) is 50.6 Å². The van der Waals surface area contributed by atoms with Crippen molar-refractivity contribution in [1.82, 2.24) is 9.62 Å². The van der Waals surface area contributed by atoms with Crippen molar-refractivity contribution in [2.24, 2.45) is 5.92 Å². The molecule has 1 aliphatic rings. The lowest BCUT2D eigenvalue weighted by atomic mass is 9.76. The molecule has 238 valence electrons. The predicted octanol–water partition coefficient (Wildman–Crippen LogP) is 7.16. The van der Waals surface area contributed by atoms with Gasteiger partial charge < -0.3 is 4.90 Å². The van der Waals surface area contributed by atoms with Crippen LogP contribution >= 0.6 is 0 Å². The van der Waals surface area contributed by atoms with Gasteiger partial charge >= 0.3 is 0 Å². The molecule has 1 aliphatic carbocycles. The van der Waals surface area contributed by atoms with Crippen LogP contribution in [0.3, 0.4) is 0 Å². The quantitative estimate of drug-likeness (QED) is 0.175. The number of hydrogen-bond donors (Lipinski definition) is 1. The largest absolute Gasteiger partial charge is 0.331 e. The molecule has 5 aromatic rings. The number of carbonyl (C=O) groups is 2. The Kier molecular flexibility index (Phi) is 9.64. The zero-order valence-electron chi connectivity index (χ0n) is 26.4. The van der Waals surface area contributed by atoms with Gasteiger partial charge in [0.05, 0.1) is 18.7 Å². The molecule has 0 aliphatic heterocycles. The lowest BCUT2D eigenvalue weighted by Crippen LogP contribution is -2.41. The number of aryl methyl sites for hydroxylation is 1. The second-order valence-corrected chi connectivity index (χ2v) is 14.0. The molecule has 0 saturated heterocycles. The van der Waals surface area contributed by atoms with Crippen molar-refractivity contribution >= 4 is 21.8 Å². The van der Waals surface area contributed by atoms with E-state index in [2.05, 4.69) is 65.6 Å². The van der Waals surface area contributed by atoms with E-state index in [0.29, 0.717) is 6.54 Å². The Morgan fingerprint density at radius 2 is 1.34 bits per heavy atom. The molecule has 6 nitrogen and oxygen atoms in total. The Morgan fingerprint density at radius 3 is 2.06 bits per heavy atom. The summed E-state index contributed by atoms with van der Waals surface area (Å²) in [7, 11) is -3.69. The van der Waals surface area contributed by atoms with E-state index in [1.54, 1.807) is 18.2 Å². The highest BCUT2D eigenvalue weighted by Crippen LogP contribution is 2.41. The van der Waals surface area contributed by atoms with Crippen molar-refractivity contribution in [3.8, 4) is 11.1 Å². The van der Waals surface area contributed by atoms with E-state index in [-0.39, 0.29) is 29.9 Å². The fourth-order valence-electron chi connectivity index (χ4n) is 6.68. The van der Waals surface area contributed by atoms with E-state index < -0.39 is 15.9 Å². The second kappa shape index (κ2) is 14.2. The van der Waals surface area contributed by atoms with Gasteiger partial charge in [0.25, 0.3) is 5.91 Å². The van der Waals surface area contributed by atoms with Gasteiger partial charge in [-0.1, -0.05) is 121 Å². The van der Waals surface area contributed by atoms with Crippen LogP contribution in [0.5, 0.6) is 0 Å². The van der Waals surface area contributed by atoms with Gasteiger partial charge in [0, 0.05) is 12.1 Å². The fourth-order valence-corrected chi connectivity index (χ4v) is 7.14. The molecule has 6 rings (SSSR count). The van der Waals surface area contributed by atoms with Crippen molar-refractivity contribution in [1.29, 1.82) is 0 Å². The molecule has 47 heavy (non-hydrogen) atoms. The number of sulfonamides is 1. The zero-order chi connectivity index (χ0) is 32.8. The van der Waals surface area contributed by atoms with Gasteiger partial charge in [-0.15, -0.1) is 0 Å². The summed E-state index contributed by atoms with van der Waals surface area (Å²) in [6.07, 6.45) is 4.03. The summed E-state index contributed by atoms with van der Waals surface area (Å²) in [6.45, 7) is 0.501. The number of fused-ring (bicyclic) bond motifs is 1. The monoisotopic (exact) mass is 642 g/mol. The number of benzene rings is 5. The third-order valence-electron chi connectivity index (χ3n) is 8.82. The van der Waals surface area contributed by atoms with Crippen LogP contribution in [0, 0.1) is 5.92 Å². The molecule has 0 bridgehead atoms. The van der Waals surface area contributed by atoms with Crippen LogP contribution in [-0.4, -0.2) is 31.4 Å². The Balaban J connectivity index is 1.32. The number of carbonyl (C=O) groups excluding carboxylic acids is 2. The van der Waals surface area contributed by atoms with Crippen LogP contribution in [0.2, 0.25) is 0 Å². The Hall–Kier alpha value is -5.01. The number of hydrogen-bond acceptors (Lipinski definition) is 4. The highest BCUT2D eigenvalue weighted by Gasteiger charge is 2.36. The summed E-state index contributed by atoms with van der Waals surface area (Å²) in [6, 6.07) is 43.8. The standard InChI is InChI=1S/C40H38N2O4S/c1-47(45,46)41-40(44)36-20-11-19-34(27-36)33-18-10-16-31(25-33)26-38(43)42(28-30-14-6-3-7-15-30)39-35(24-29-12-4-2-5-13-29)23-22-32-17-8-9-21-37(32)39/h2-21,25,27,35,39H,22-24,26,28H2,1H3,(H,41,44). The fraction of sp³-hybridized carbons (Fsp3) is 0.200. The number of nitrogens with one attached hydrogen (secondary N) is 1. The van der Waals surface area contributed by atoms with Crippen LogP contribution < -0.4 is 4.72 Å². The summed E-state index contributed by atoms with van der Waals surface area (Å²) in [5, 5.41) is 0. The van der Waals surface area contributed by atoms with E-state index in [1.165, 1.54) is 16.7 Å². The molecule has 0 saturated carbocycles. The maximum absolute atomic E-state index is 14.6. The summed E-state index contributed by atoms with van der Waals surface area (Å²) in [4.78, 5) is 29.2. The van der Waals surface area contributed by atoms with E-state index in [4.69, 9.17) is 0 Å².